The fourth-order valence-electron chi connectivity index (χ4n) is 2.65. The monoisotopic (exact) mass is 266 g/mol. The Kier molecular flexibility index (Phi) is 4.73. The van der Waals surface area contributed by atoms with Crippen LogP contribution in [0.3, 0.4) is 0 Å². The first-order valence-corrected chi connectivity index (χ1v) is 7.18. The molecule has 1 heteroatoms. The Morgan fingerprint density at radius 2 is 1.60 bits per heavy atom. The van der Waals surface area contributed by atoms with Crippen LogP contribution in [0.15, 0.2) is 42.5 Å². The molecule has 0 radical (unpaired) electrons. The van der Waals surface area contributed by atoms with E-state index in [0.717, 1.165) is 12.0 Å². The van der Waals surface area contributed by atoms with E-state index < -0.39 is 0 Å². The molecular formula is C19H22O. The van der Waals surface area contributed by atoms with Gasteiger partial charge >= 0.3 is 0 Å². The highest BCUT2D eigenvalue weighted by Crippen LogP contribution is 2.13. The van der Waals surface area contributed by atoms with Crippen LogP contribution < -0.4 is 0 Å². The third kappa shape index (κ3) is 4.06. The Hall–Kier alpha value is -1.89. The van der Waals surface area contributed by atoms with E-state index in [1.54, 1.807) is 0 Å². The number of benzene rings is 2. The first-order valence-electron chi connectivity index (χ1n) is 7.18. The summed E-state index contributed by atoms with van der Waals surface area (Å²) in [5.41, 5.74) is 6.14. The lowest BCUT2D eigenvalue weighted by Gasteiger charge is -2.06. The summed E-state index contributed by atoms with van der Waals surface area (Å²) < 4.78 is 0. The Bertz CT molecular complexity index is 591. The Balaban J connectivity index is 1.94. The van der Waals surface area contributed by atoms with Crippen molar-refractivity contribution in [3.63, 3.8) is 0 Å². The maximum Gasteiger partial charge on any atom is 0.137 e. The van der Waals surface area contributed by atoms with Crippen LogP contribution in [0.5, 0.6) is 0 Å². The first-order chi connectivity index (χ1) is 9.54. The minimum atomic E-state index is 0.318. The molecule has 0 fully saturated rings. The van der Waals surface area contributed by atoms with Crippen molar-refractivity contribution < 1.29 is 4.79 Å². The SMILES string of the molecule is Cc1cc(C)cc(CC(=O)CCc2ccccc2C)c1. The Morgan fingerprint density at radius 3 is 2.25 bits per heavy atom. The molecular weight excluding hydrogens is 244 g/mol. The van der Waals surface area contributed by atoms with Crippen LogP contribution in [-0.2, 0) is 17.6 Å². The van der Waals surface area contributed by atoms with E-state index in [0.29, 0.717) is 18.6 Å². The highest BCUT2D eigenvalue weighted by Gasteiger charge is 2.06. The van der Waals surface area contributed by atoms with E-state index in [9.17, 15) is 4.79 Å². The van der Waals surface area contributed by atoms with Crippen molar-refractivity contribution in [2.45, 2.75) is 40.0 Å². The molecule has 0 aliphatic rings. The third-order valence-corrected chi connectivity index (χ3v) is 3.62. The van der Waals surface area contributed by atoms with Gasteiger partial charge < -0.3 is 0 Å². The smallest absolute Gasteiger partial charge is 0.137 e. The predicted molar refractivity (Wildman–Crippen MR) is 84.1 cm³/mol. The quantitative estimate of drug-likeness (QED) is 0.786. The van der Waals surface area contributed by atoms with Crippen LogP contribution in [0.25, 0.3) is 0 Å². The zero-order valence-corrected chi connectivity index (χ0v) is 12.6. The Morgan fingerprint density at radius 1 is 0.950 bits per heavy atom. The number of aryl methyl sites for hydroxylation is 4. The van der Waals surface area contributed by atoms with Gasteiger partial charge in [0.2, 0.25) is 0 Å². The van der Waals surface area contributed by atoms with Gasteiger partial charge in [-0.1, -0.05) is 53.6 Å². The molecule has 0 bridgehead atoms. The largest absolute Gasteiger partial charge is 0.299 e. The van der Waals surface area contributed by atoms with Gasteiger partial charge in [-0.3, -0.25) is 4.79 Å². The molecule has 2 aromatic carbocycles. The summed E-state index contributed by atoms with van der Waals surface area (Å²) in [4.78, 5) is 12.1. The van der Waals surface area contributed by atoms with E-state index in [1.165, 1.54) is 22.3 Å². The van der Waals surface area contributed by atoms with Crippen molar-refractivity contribution in [3.8, 4) is 0 Å². The number of hydrogen-bond acceptors (Lipinski definition) is 1. The maximum atomic E-state index is 12.1. The highest BCUT2D eigenvalue weighted by molar-refractivity contribution is 5.81. The van der Waals surface area contributed by atoms with Crippen LogP contribution in [0.1, 0.15) is 34.2 Å². The van der Waals surface area contributed by atoms with Gasteiger partial charge in [0, 0.05) is 12.8 Å². The lowest BCUT2D eigenvalue weighted by atomic mass is 9.98. The van der Waals surface area contributed by atoms with Gasteiger partial charge in [-0.2, -0.15) is 0 Å². The fraction of sp³-hybridized carbons (Fsp3) is 0.316. The van der Waals surface area contributed by atoms with Gasteiger partial charge in [-0.15, -0.1) is 0 Å². The summed E-state index contributed by atoms with van der Waals surface area (Å²) in [6.07, 6.45) is 2.02. The lowest BCUT2D eigenvalue weighted by Crippen LogP contribution is -2.05. The lowest BCUT2D eigenvalue weighted by molar-refractivity contribution is -0.118. The van der Waals surface area contributed by atoms with E-state index in [-0.39, 0.29) is 0 Å². The van der Waals surface area contributed by atoms with Gasteiger partial charge in [-0.25, -0.2) is 0 Å². The van der Waals surface area contributed by atoms with E-state index in [2.05, 4.69) is 51.1 Å². The molecule has 0 saturated heterocycles. The molecule has 0 N–H and O–H groups in total. The van der Waals surface area contributed by atoms with Gasteiger partial charge in [0.25, 0.3) is 0 Å². The summed E-state index contributed by atoms with van der Waals surface area (Å²) in [5.74, 6) is 0.318. The van der Waals surface area contributed by atoms with Crippen LogP contribution in [0.4, 0.5) is 0 Å². The number of carbonyl (C=O) groups excluding carboxylic acids is 1. The van der Waals surface area contributed by atoms with Crippen molar-refractivity contribution in [2.75, 3.05) is 0 Å². The molecule has 0 amide bonds. The predicted octanol–water partition coefficient (Wildman–Crippen LogP) is 4.36. The minimum absolute atomic E-state index is 0.318. The van der Waals surface area contributed by atoms with Crippen LogP contribution in [0.2, 0.25) is 0 Å². The summed E-state index contributed by atoms with van der Waals surface area (Å²) in [6.45, 7) is 6.26. The molecule has 0 saturated carbocycles. The number of carbonyl (C=O) groups is 1. The molecule has 1 nitrogen and oxygen atoms in total. The van der Waals surface area contributed by atoms with Crippen molar-refractivity contribution in [2.24, 2.45) is 0 Å². The van der Waals surface area contributed by atoms with Crippen molar-refractivity contribution in [1.82, 2.24) is 0 Å². The van der Waals surface area contributed by atoms with Crippen molar-refractivity contribution >= 4 is 5.78 Å². The van der Waals surface area contributed by atoms with Crippen molar-refractivity contribution in [3.05, 3.63) is 70.3 Å². The summed E-state index contributed by atoms with van der Waals surface area (Å²) in [5, 5.41) is 0. The third-order valence-electron chi connectivity index (χ3n) is 3.62. The average molecular weight is 266 g/mol. The zero-order valence-electron chi connectivity index (χ0n) is 12.6. The number of ketones is 1. The molecule has 0 aliphatic heterocycles. The molecule has 0 spiro atoms. The van der Waals surface area contributed by atoms with Gasteiger partial charge in [0.1, 0.15) is 5.78 Å². The molecule has 0 aliphatic carbocycles. The van der Waals surface area contributed by atoms with E-state index in [1.807, 2.05) is 12.1 Å². The first kappa shape index (κ1) is 14.5. The molecule has 0 heterocycles. The molecule has 2 rings (SSSR count). The second-order valence-corrected chi connectivity index (χ2v) is 5.64. The van der Waals surface area contributed by atoms with E-state index in [4.69, 9.17) is 0 Å². The van der Waals surface area contributed by atoms with Gasteiger partial charge in [0.05, 0.1) is 0 Å². The number of hydrogen-bond donors (Lipinski definition) is 0. The molecule has 20 heavy (non-hydrogen) atoms. The highest BCUT2D eigenvalue weighted by atomic mass is 16.1. The average Bonchev–Trinajstić information content (AvgIpc) is 2.36. The second-order valence-electron chi connectivity index (χ2n) is 5.64. The van der Waals surface area contributed by atoms with Gasteiger partial charge in [0.15, 0.2) is 0 Å². The molecule has 104 valence electrons. The normalized spacial score (nSPS) is 10.6. The minimum Gasteiger partial charge on any atom is -0.299 e. The molecule has 2 aromatic rings. The maximum absolute atomic E-state index is 12.1. The zero-order chi connectivity index (χ0) is 14.5. The number of rotatable bonds is 5. The number of Topliss-reactive ketones (excluding diaryl/α,β-unsaturated/α-hetero) is 1. The summed E-state index contributed by atoms with van der Waals surface area (Å²) in [7, 11) is 0. The second kappa shape index (κ2) is 6.51. The molecule has 0 unspecified atom stereocenters. The molecule has 0 aromatic heterocycles. The van der Waals surface area contributed by atoms with Crippen molar-refractivity contribution in [1.29, 1.82) is 0 Å². The summed E-state index contributed by atoms with van der Waals surface area (Å²) >= 11 is 0. The fourth-order valence-corrected chi connectivity index (χ4v) is 2.65. The van der Waals surface area contributed by atoms with Crippen LogP contribution in [-0.4, -0.2) is 5.78 Å². The molecule has 0 atom stereocenters. The van der Waals surface area contributed by atoms with E-state index >= 15 is 0 Å². The van der Waals surface area contributed by atoms with Crippen LogP contribution in [0, 0.1) is 20.8 Å². The standard InChI is InChI=1S/C19H22O/c1-14-10-15(2)12-17(11-14)13-19(20)9-8-18-7-5-4-6-16(18)3/h4-7,10-12H,8-9,13H2,1-3H3. The van der Waals surface area contributed by atoms with Crippen LogP contribution >= 0.6 is 0 Å². The van der Waals surface area contributed by atoms with Gasteiger partial charge in [-0.05, 0) is 43.9 Å². The Labute approximate surface area is 121 Å². The summed E-state index contributed by atoms with van der Waals surface area (Å²) in [6, 6.07) is 14.6. The topological polar surface area (TPSA) is 17.1 Å².